The molecule has 0 amide bonds. The van der Waals surface area contributed by atoms with Crippen LogP contribution in [0.15, 0.2) is 170 Å². The predicted molar refractivity (Wildman–Crippen MR) is 219 cm³/mol. The molecule has 250 valence electrons. The fourth-order valence-corrected chi connectivity index (χ4v) is 8.77. The topological polar surface area (TPSA) is 35.6 Å². The standard InChI is InChI=1S/C49H34N4/c1-49(2)41-17-9-6-14-36(41)37-26-25-34(30-42(37)49)31-20-22-32(23-21-31)45-40-16-7-10-18-43(40)50-48(51-45)53-44-19-11-8-15-38(44)39-27-24-33-28-29-52(46(33)47(39)53)35-12-4-3-5-13-35/h3-30H,1-2H3. The van der Waals surface area contributed by atoms with Crippen molar-refractivity contribution >= 4 is 43.6 Å². The normalized spacial score (nSPS) is 13.2. The van der Waals surface area contributed by atoms with Crippen LogP contribution in [-0.4, -0.2) is 19.1 Å². The Balaban J connectivity index is 1.09. The van der Waals surface area contributed by atoms with Gasteiger partial charge >= 0.3 is 0 Å². The Morgan fingerprint density at radius 2 is 1.19 bits per heavy atom. The van der Waals surface area contributed by atoms with Gasteiger partial charge in [0.25, 0.3) is 0 Å². The minimum Gasteiger partial charge on any atom is -0.315 e. The lowest BCUT2D eigenvalue weighted by atomic mass is 9.81. The van der Waals surface area contributed by atoms with Crippen molar-refractivity contribution in [3.63, 3.8) is 0 Å². The van der Waals surface area contributed by atoms with Crippen molar-refractivity contribution in [1.29, 1.82) is 0 Å². The molecule has 7 aromatic carbocycles. The summed E-state index contributed by atoms with van der Waals surface area (Å²) in [7, 11) is 0. The predicted octanol–water partition coefficient (Wildman–Crippen LogP) is 12.3. The van der Waals surface area contributed by atoms with E-state index in [1.54, 1.807) is 0 Å². The molecule has 3 heterocycles. The molecule has 0 aliphatic heterocycles. The zero-order chi connectivity index (χ0) is 35.3. The Morgan fingerprint density at radius 3 is 2.06 bits per heavy atom. The van der Waals surface area contributed by atoms with Crippen molar-refractivity contribution in [1.82, 2.24) is 19.1 Å². The van der Waals surface area contributed by atoms with Gasteiger partial charge in [-0.05, 0) is 69.8 Å². The molecule has 0 fully saturated rings. The largest absolute Gasteiger partial charge is 0.315 e. The van der Waals surface area contributed by atoms with Gasteiger partial charge in [-0.25, -0.2) is 9.97 Å². The Labute approximate surface area is 307 Å². The lowest BCUT2D eigenvalue weighted by Crippen LogP contribution is -2.14. The molecule has 0 saturated heterocycles. The molecule has 1 aliphatic rings. The molecule has 0 bridgehead atoms. The van der Waals surface area contributed by atoms with Crippen LogP contribution in [0.3, 0.4) is 0 Å². The molecule has 1 aliphatic carbocycles. The number of hydrogen-bond acceptors (Lipinski definition) is 2. The summed E-state index contributed by atoms with van der Waals surface area (Å²) in [6, 6.07) is 58.8. The van der Waals surface area contributed by atoms with Crippen LogP contribution in [0.1, 0.15) is 25.0 Å². The summed E-state index contributed by atoms with van der Waals surface area (Å²) in [5, 5.41) is 4.54. The molecule has 11 rings (SSSR count). The molecule has 0 saturated carbocycles. The summed E-state index contributed by atoms with van der Waals surface area (Å²) in [5.41, 5.74) is 15.1. The Kier molecular flexibility index (Phi) is 6.27. The molecule has 0 radical (unpaired) electrons. The van der Waals surface area contributed by atoms with E-state index in [2.05, 4.69) is 193 Å². The maximum absolute atomic E-state index is 5.44. The summed E-state index contributed by atoms with van der Waals surface area (Å²) in [6.45, 7) is 4.67. The lowest BCUT2D eigenvalue weighted by molar-refractivity contribution is 0.660. The van der Waals surface area contributed by atoms with Gasteiger partial charge in [-0.1, -0.05) is 141 Å². The second-order valence-electron chi connectivity index (χ2n) is 14.7. The van der Waals surface area contributed by atoms with Crippen molar-refractivity contribution in [2.75, 3.05) is 0 Å². The van der Waals surface area contributed by atoms with Gasteiger partial charge in [0, 0.05) is 44.4 Å². The van der Waals surface area contributed by atoms with E-state index in [1.807, 2.05) is 0 Å². The molecule has 0 spiro atoms. The molecule has 0 atom stereocenters. The van der Waals surface area contributed by atoms with Crippen LogP contribution in [0.25, 0.3) is 88.8 Å². The minimum atomic E-state index is -0.0424. The smallest absolute Gasteiger partial charge is 0.235 e. The maximum Gasteiger partial charge on any atom is 0.235 e. The zero-order valence-electron chi connectivity index (χ0n) is 29.5. The zero-order valence-corrected chi connectivity index (χ0v) is 29.5. The molecular formula is C49H34N4. The van der Waals surface area contributed by atoms with Crippen LogP contribution in [0, 0.1) is 0 Å². The number of rotatable bonds is 4. The average Bonchev–Trinajstić information content (AvgIpc) is 3.86. The summed E-state index contributed by atoms with van der Waals surface area (Å²) in [5.74, 6) is 0.655. The van der Waals surface area contributed by atoms with Crippen molar-refractivity contribution in [2.45, 2.75) is 19.3 Å². The van der Waals surface area contributed by atoms with E-state index in [1.165, 1.54) is 49.5 Å². The van der Waals surface area contributed by atoms with E-state index in [4.69, 9.17) is 9.97 Å². The first-order valence-corrected chi connectivity index (χ1v) is 18.3. The van der Waals surface area contributed by atoms with Crippen LogP contribution in [-0.2, 0) is 5.41 Å². The van der Waals surface area contributed by atoms with Gasteiger partial charge < -0.3 is 4.57 Å². The van der Waals surface area contributed by atoms with Gasteiger partial charge in [0.05, 0.1) is 27.8 Å². The minimum absolute atomic E-state index is 0.0424. The first-order valence-electron chi connectivity index (χ1n) is 18.3. The van der Waals surface area contributed by atoms with E-state index in [-0.39, 0.29) is 5.41 Å². The second kappa shape index (κ2) is 11.1. The quantitative estimate of drug-likeness (QED) is 0.186. The first-order chi connectivity index (χ1) is 26.0. The lowest BCUT2D eigenvalue weighted by Gasteiger charge is -2.22. The Morgan fingerprint density at radius 1 is 0.491 bits per heavy atom. The van der Waals surface area contributed by atoms with Gasteiger partial charge in [0.2, 0.25) is 5.95 Å². The van der Waals surface area contributed by atoms with Crippen LogP contribution in [0.2, 0.25) is 0 Å². The van der Waals surface area contributed by atoms with Crippen molar-refractivity contribution in [3.8, 4) is 45.1 Å². The van der Waals surface area contributed by atoms with Crippen LogP contribution < -0.4 is 0 Å². The molecule has 10 aromatic rings. The summed E-state index contributed by atoms with van der Waals surface area (Å²) >= 11 is 0. The van der Waals surface area contributed by atoms with Gasteiger partial charge in [-0.3, -0.25) is 4.57 Å². The number of aromatic nitrogens is 4. The van der Waals surface area contributed by atoms with Crippen molar-refractivity contribution in [3.05, 3.63) is 181 Å². The van der Waals surface area contributed by atoms with E-state index < -0.39 is 0 Å². The van der Waals surface area contributed by atoms with Crippen LogP contribution in [0.5, 0.6) is 0 Å². The highest BCUT2D eigenvalue weighted by atomic mass is 15.2. The average molecular weight is 679 g/mol. The number of hydrogen-bond donors (Lipinski definition) is 0. The highest BCUT2D eigenvalue weighted by molar-refractivity contribution is 6.18. The maximum atomic E-state index is 5.44. The fraction of sp³-hybridized carbons (Fsp3) is 0.0612. The molecule has 53 heavy (non-hydrogen) atoms. The number of fused-ring (bicyclic) bond motifs is 9. The third-order valence-electron chi connectivity index (χ3n) is 11.4. The third-order valence-corrected chi connectivity index (χ3v) is 11.4. The van der Waals surface area contributed by atoms with Gasteiger partial charge in [-0.2, -0.15) is 0 Å². The van der Waals surface area contributed by atoms with E-state index in [9.17, 15) is 0 Å². The Hall–Kier alpha value is -6.78. The monoisotopic (exact) mass is 678 g/mol. The SMILES string of the molecule is CC1(C)c2ccccc2-c2ccc(-c3ccc(-c4nc(-n5c6ccccc6c6ccc7ccn(-c8ccccc8)c7c65)nc5ccccc45)cc3)cc21. The molecule has 4 nitrogen and oxygen atoms in total. The van der Waals surface area contributed by atoms with Crippen molar-refractivity contribution in [2.24, 2.45) is 0 Å². The molecule has 4 heteroatoms. The Bertz CT molecular complexity index is 3070. The van der Waals surface area contributed by atoms with E-state index >= 15 is 0 Å². The second-order valence-corrected chi connectivity index (χ2v) is 14.7. The van der Waals surface area contributed by atoms with Crippen LogP contribution >= 0.6 is 0 Å². The summed E-state index contributed by atoms with van der Waals surface area (Å²) < 4.78 is 4.55. The summed E-state index contributed by atoms with van der Waals surface area (Å²) in [4.78, 5) is 10.7. The summed E-state index contributed by atoms with van der Waals surface area (Å²) in [6.07, 6.45) is 2.16. The fourth-order valence-electron chi connectivity index (χ4n) is 8.77. The molecule has 3 aromatic heterocycles. The number of nitrogens with zero attached hydrogens (tertiary/aromatic N) is 4. The van der Waals surface area contributed by atoms with Crippen LogP contribution in [0.4, 0.5) is 0 Å². The van der Waals surface area contributed by atoms with Gasteiger partial charge in [0.15, 0.2) is 0 Å². The highest BCUT2D eigenvalue weighted by Gasteiger charge is 2.35. The molecule has 0 N–H and O–H groups in total. The highest BCUT2D eigenvalue weighted by Crippen LogP contribution is 2.49. The van der Waals surface area contributed by atoms with E-state index in [0.29, 0.717) is 5.95 Å². The first kappa shape index (κ1) is 29.9. The number of benzene rings is 7. The molecular weight excluding hydrogens is 645 g/mol. The third kappa shape index (κ3) is 4.36. The van der Waals surface area contributed by atoms with Crippen molar-refractivity contribution < 1.29 is 0 Å². The van der Waals surface area contributed by atoms with E-state index in [0.717, 1.165) is 44.4 Å². The number of para-hydroxylation sites is 3. The molecule has 0 unspecified atom stereocenters. The van der Waals surface area contributed by atoms with Gasteiger partial charge in [-0.15, -0.1) is 0 Å². The van der Waals surface area contributed by atoms with Gasteiger partial charge in [0.1, 0.15) is 0 Å².